The maximum absolute atomic E-state index is 13.2. The number of nitrogens with one attached hydrogen (secondary N) is 2. The first-order valence-electron chi connectivity index (χ1n) is 11.4. The van der Waals surface area contributed by atoms with Gasteiger partial charge >= 0.3 is 57.5 Å². The Morgan fingerprint density at radius 2 is 1.77 bits per heavy atom. The summed E-state index contributed by atoms with van der Waals surface area (Å²) in [5.41, 5.74) is 0.629. The average Bonchev–Trinajstić information content (AvgIpc) is 3.13. The fourth-order valence-corrected chi connectivity index (χ4v) is 5.97. The van der Waals surface area contributed by atoms with Crippen molar-refractivity contribution in [2.45, 2.75) is 48.7 Å². The van der Waals surface area contributed by atoms with Gasteiger partial charge in [-0.05, 0) is 49.2 Å². The number of thioether (sulfide) groups is 1. The summed E-state index contributed by atoms with van der Waals surface area (Å²) in [7, 11) is 0. The van der Waals surface area contributed by atoms with Crippen LogP contribution in [0.1, 0.15) is 31.0 Å². The topological polar surface area (TPSA) is 191 Å². The van der Waals surface area contributed by atoms with Crippen molar-refractivity contribution in [1.82, 2.24) is 15.5 Å². The summed E-state index contributed by atoms with van der Waals surface area (Å²) in [6.07, 6.45) is -0.980. The summed E-state index contributed by atoms with van der Waals surface area (Å²) in [6.45, 7) is 3.11. The summed E-state index contributed by atoms with van der Waals surface area (Å²) < 4.78 is 4.32. The smallest absolute Gasteiger partial charge is 0.548 e. The van der Waals surface area contributed by atoms with Gasteiger partial charge in [0.05, 0.1) is 16.9 Å². The van der Waals surface area contributed by atoms with E-state index >= 15 is 0 Å². The van der Waals surface area contributed by atoms with Crippen LogP contribution >= 0.6 is 11.8 Å². The van der Waals surface area contributed by atoms with Crippen LogP contribution in [0.3, 0.4) is 0 Å². The quantitative estimate of drug-likeness (QED) is 0.131. The minimum Gasteiger partial charge on any atom is -0.548 e. The average molecular weight is 583 g/mol. The number of carbonyl (C=O) groups excluding carboxylic acids is 4. The Morgan fingerprint density at radius 1 is 1.15 bits per heavy atom. The zero-order valence-corrected chi connectivity index (χ0v) is 25.1. The van der Waals surface area contributed by atoms with Gasteiger partial charge in [0.1, 0.15) is 29.8 Å². The van der Waals surface area contributed by atoms with Crippen molar-refractivity contribution in [2.24, 2.45) is 0 Å². The molecule has 0 radical (unpaired) electrons. The van der Waals surface area contributed by atoms with E-state index in [9.17, 15) is 39.5 Å². The molecule has 39 heavy (non-hydrogen) atoms. The molecule has 13 nitrogen and oxygen atoms in total. The van der Waals surface area contributed by atoms with Crippen molar-refractivity contribution in [1.29, 1.82) is 0 Å². The number of aliphatic carboxylic acids is 1. The van der Waals surface area contributed by atoms with Crippen LogP contribution in [0.15, 0.2) is 48.5 Å². The number of carboxylic acids is 1. The molecule has 2 aromatic rings. The van der Waals surface area contributed by atoms with Gasteiger partial charge in [0.2, 0.25) is 11.8 Å². The molecule has 0 aromatic heterocycles. The van der Waals surface area contributed by atoms with Crippen molar-refractivity contribution < 1.29 is 90.4 Å². The Kier molecular flexibility index (Phi) is 9.67. The molecule has 1 unspecified atom stereocenters. The monoisotopic (exact) mass is 582 g/mol. The van der Waals surface area contributed by atoms with Gasteiger partial charge in [-0.2, -0.15) is 0 Å². The summed E-state index contributed by atoms with van der Waals surface area (Å²) >= 11 is 1.22. The number of nitro groups is 1. The Balaban J connectivity index is 0.00000420. The number of amides is 3. The normalized spacial score (nSPS) is 21.4. The number of fused-ring (bicyclic) bond motifs is 1. The van der Waals surface area contributed by atoms with E-state index in [0.29, 0.717) is 5.56 Å². The number of phenolic OH excluding ortho intramolecular Hbond substituents is 1. The maximum Gasteiger partial charge on any atom is 1.00 e. The molecule has 0 aliphatic carbocycles. The summed E-state index contributed by atoms with van der Waals surface area (Å²) in [6, 6.07) is 7.31. The number of carbonyl (C=O) groups is 4. The molecule has 2 saturated heterocycles. The Bertz CT molecular complexity index is 1290. The summed E-state index contributed by atoms with van der Waals surface area (Å²) in [5.74, 6) is -2.80. The first-order valence-corrected chi connectivity index (χ1v) is 12.2. The van der Waals surface area contributed by atoms with Gasteiger partial charge in [0.15, 0.2) is 0 Å². The Labute approximate surface area is 269 Å². The number of carboxylic acid groups (broad SMARTS) is 1. The number of aromatic hydroxyl groups is 1. The third kappa shape index (κ3) is 6.55. The van der Waals surface area contributed by atoms with Crippen LogP contribution in [-0.2, 0) is 25.7 Å². The molecular weight excluding hydrogens is 559 g/mol. The third-order valence-electron chi connectivity index (χ3n) is 6.23. The number of hydrogen-bond acceptors (Lipinski definition) is 10. The molecule has 4 atom stereocenters. The molecular formula is C24H23KN4O9S. The second-order valence-electron chi connectivity index (χ2n) is 9.23. The standard InChI is InChI=1S/C24H24N4O9S.K/c1-24(2)18(22(32)33)27-20(31)17(21(27)38-24)25-19(30)16(13-5-9-15(29)10-6-13)26-23(34)37-11-12-3-7-14(8-4-12)28(35)36;/h3-10,16-18,21,29H,11H2,1-2H3,(H,25,30)(H,26,34)(H,32,33);/q;+1/p-1/t16?,17-,18+,21-;/m1./s1. The van der Waals surface area contributed by atoms with E-state index in [4.69, 9.17) is 4.74 Å². The number of nitrogens with zero attached hydrogens (tertiary/aromatic N) is 2. The predicted octanol–water partition coefficient (Wildman–Crippen LogP) is -2.43. The number of alkyl carbamates (subject to hydrolysis) is 1. The first kappa shape index (κ1) is 30.8. The van der Waals surface area contributed by atoms with Gasteiger partial charge < -0.3 is 35.3 Å². The third-order valence-corrected chi connectivity index (χ3v) is 7.80. The van der Waals surface area contributed by atoms with E-state index < -0.39 is 57.0 Å². The molecule has 2 fully saturated rings. The minimum atomic E-state index is -1.39. The van der Waals surface area contributed by atoms with Crippen LogP contribution in [0.25, 0.3) is 0 Å². The van der Waals surface area contributed by atoms with Crippen LogP contribution in [0.4, 0.5) is 10.5 Å². The molecule has 0 bridgehead atoms. The van der Waals surface area contributed by atoms with Gasteiger partial charge in [-0.3, -0.25) is 19.7 Å². The van der Waals surface area contributed by atoms with Crippen LogP contribution in [0.5, 0.6) is 5.75 Å². The Morgan fingerprint density at radius 3 is 2.33 bits per heavy atom. The van der Waals surface area contributed by atoms with Crippen molar-refractivity contribution in [3.63, 3.8) is 0 Å². The molecule has 2 aliphatic heterocycles. The number of rotatable bonds is 8. The van der Waals surface area contributed by atoms with Crippen molar-refractivity contribution in [3.05, 3.63) is 69.8 Å². The van der Waals surface area contributed by atoms with Gasteiger partial charge in [-0.25, -0.2) is 4.79 Å². The molecule has 3 amide bonds. The fraction of sp³-hybridized carbons (Fsp3) is 0.333. The second kappa shape index (κ2) is 12.2. The zero-order chi connectivity index (χ0) is 27.8. The van der Waals surface area contributed by atoms with E-state index in [0.717, 1.165) is 0 Å². The number of nitro benzene ring substituents is 1. The van der Waals surface area contributed by atoms with Crippen molar-refractivity contribution >= 4 is 41.3 Å². The van der Waals surface area contributed by atoms with E-state index in [2.05, 4.69) is 10.6 Å². The van der Waals surface area contributed by atoms with Crippen LogP contribution in [0.2, 0.25) is 0 Å². The maximum atomic E-state index is 13.2. The Hall–Kier alpha value is -2.69. The first-order chi connectivity index (χ1) is 17.9. The van der Waals surface area contributed by atoms with Crippen LogP contribution < -0.4 is 67.1 Å². The van der Waals surface area contributed by atoms with Crippen molar-refractivity contribution in [3.8, 4) is 5.75 Å². The molecule has 2 aliphatic rings. The van der Waals surface area contributed by atoms with Gasteiger partial charge in [-0.15, -0.1) is 11.8 Å². The minimum absolute atomic E-state index is 0. The van der Waals surface area contributed by atoms with E-state index in [1.807, 2.05) is 0 Å². The molecule has 200 valence electrons. The molecule has 0 spiro atoms. The number of ether oxygens (including phenoxy) is 1. The van der Waals surface area contributed by atoms with Crippen LogP contribution in [-0.4, -0.2) is 61.0 Å². The molecule has 4 rings (SSSR count). The molecule has 2 aromatic carbocycles. The predicted molar refractivity (Wildman–Crippen MR) is 130 cm³/mol. The summed E-state index contributed by atoms with van der Waals surface area (Å²) in [5, 5.41) is 36.4. The van der Waals surface area contributed by atoms with E-state index in [1.165, 1.54) is 65.2 Å². The molecule has 0 saturated carbocycles. The van der Waals surface area contributed by atoms with Gasteiger partial charge in [0.25, 0.3) is 5.69 Å². The zero-order valence-electron chi connectivity index (χ0n) is 21.2. The molecule has 2 heterocycles. The fourth-order valence-electron chi connectivity index (χ4n) is 4.35. The number of phenols is 1. The molecule has 15 heteroatoms. The van der Waals surface area contributed by atoms with Gasteiger partial charge in [0, 0.05) is 16.9 Å². The number of hydrogen-bond donors (Lipinski definition) is 3. The SMILES string of the molecule is CC1(C)S[C@@H]2[C@H](NC(=O)C(NC(=O)OCc3ccc([N+](=O)[O-])cc3)c3ccc(O)cc3)C(=O)N2[C@H]1C(=O)[O-].[K+]. The number of benzene rings is 2. The van der Waals surface area contributed by atoms with Gasteiger partial charge in [-0.1, -0.05) is 12.1 Å². The van der Waals surface area contributed by atoms with Crippen LogP contribution in [0, 0.1) is 10.1 Å². The van der Waals surface area contributed by atoms with Crippen molar-refractivity contribution in [2.75, 3.05) is 0 Å². The second-order valence-corrected chi connectivity index (χ2v) is 11.0. The number of non-ortho nitro benzene ring substituents is 1. The van der Waals surface area contributed by atoms with E-state index in [1.54, 1.807) is 13.8 Å². The molecule has 3 N–H and O–H groups in total. The largest absolute Gasteiger partial charge is 1.00 e. The summed E-state index contributed by atoms with van der Waals surface area (Å²) in [4.78, 5) is 61.5. The number of β-lactam (4-membered cyclic amide) rings is 1. The van der Waals surface area contributed by atoms with E-state index in [-0.39, 0.29) is 75.0 Å².